The SMILES string of the molecule is COC(=O)c1sc(-c2ccnc(OC)c2)nc1Cl. The zero-order valence-corrected chi connectivity index (χ0v) is 11.2. The second-order valence-electron chi connectivity index (χ2n) is 3.22. The zero-order valence-electron chi connectivity index (χ0n) is 9.64. The van der Waals surface area contributed by atoms with Gasteiger partial charge in [-0.15, -0.1) is 11.3 Å². The van der Waals surface area contributed by atoms with E-state index in [9.17, 15) is 4.79 Å². The fraction of sp³-hybridized carbons (Fsp3) is 0.182. The summed E-state index contributed by atoms with van der Waals surface area (Å²) in [5.74, 6) is -0.0248. The lowest BCUT2D eigenvalue weighted by Gasteiger charge is -1.99. The summed E-state index contributed by atoms with van der Waals surface area (Å²) in [4.78, 5) is 19.8. The molecule has 0 saturated carbocycles. The van der Waals surface area contributed by atoms with Gasteiger partial charge < -0.3 is 9.47 Å². The van der Waals surface area contributed by atoms with E-state index >= 15 is 0 Å². The third kappa shape index (κ3) is 2.44. The van der Waals surface area contributed by atoms with Gasteiger partial charge in [-0.25, -0.2) is 14.8 Å². The molecule has 94 valence electrons. The minimum atomic E-state index is -0.496. The molecule has 0 aliphatic rings. The van der Waals surface area contributed by atoms with Crippen LogP contribution < -0.4 is 4.74 Å². The van der Waals surface area contributed by atoms with E-state index in [-0.39, 0.29) is 10.0 Å². The van der Waals surface area contributed by atoms with Gasteiger partial charge in [0.25, 0.3) is 0 Å². The first kappa shape index (κ1) is 12.8. The van der Waals surface area contributed by atoms with Crippen LogP contribution >= 0.6 is 22.9 Å². The van der Waals surface area contributed by atoms with Gasteiger partial charge in [0.2, 0.25) is 5.88 Å². The van der Waals surface area contributed by atoms with Crippen LogP contribution in [-0.2, 0) is 4.74 Å². The molecule has 0 radical (unpaired) electrons. The first-order valence-electron chi connectivity index (χ1n) is 4.90. The quantitative estimate of drug-likeness (QED) is 0.811. The highest BCUT2D eigenvalue weighted by atomic mass is 35.5. The second kappa shape index (κ2) is 5.32. The van der Waals surface area contributed by atoms with Crippen LogP contribution in [0.25, 0.3) is 10.6 Å². The van der Waals surface area contributed by atoms with E-state index in [2.05, 4.69) is 14.7 Å². The number of carbonyl (C=O) groups excluding carboxylic acids is 1. The molecule has 0 fully saturated rings. The first-order valence-corrected chi connectivity index (χ1v) is 6.10. The summed E-state index contributed by atoms with van der Waals surface area (Å²) in [5.41, 5.74) is 0.781. The topological polar surface area (TPSA) is 61.3 Å². The summed E-state index contributed by atoms with van der Waals surface area (Å²) < 4.78 is 9.64. The standard InChI is InChI=1S/C11H9ClN2O3S/c1-16-7-5-6(3-4-13-7)10-14-9(12)8(18-10)11(15)17-2/h3-5H,1-2H3. The van der Waals surface area contributed by atoms with E-state index in [1.54, 1.807) is 18.3 Å². The van der Waals surface area contributed by atoms with Crippen LogP contribution in [0.4, 0.5) is 0 Å². The highest BCUT2D eigenvalue weighted by Gasteiger charge is 2.18. The molecule has 0 spiro atoms. The number of hydrogen-bond donors (Lipinski definition) is 0. The summed E-state index contributed by atoms with van der Waals surface area (Å²) in [6.45, 7) is 0. The molecule has 0 aromatic carbocycles. The van der Waals surface area contributed by atoms with Gasteiger partial charge in [-0.1, -0.05) is 11.6 Å². The average Bonchev–Trinajstić information content (AvgIpc) is 2.80. The van der Waals surface area contributed by atoms with E-state index in [4.69, 9.17) is 16.3 Å². The number of halogens is 1. The van der Waals surface area contributed by atoms with Crippen molar-refractivity contribution in [3.05, 3.63) is 28.4 Å². The third-order valence-electron chi connectivity index (χ3n) is 2.15. The molecule has 0 N–H and O–H groups in total. The van der Waals surface area contributed by atoms with Crippen molar-refractivity contribution >= 4 is 28.9 Å². The van der Waals surface area contributed by atoms with Crippen LogP contribution in [0, 0.1) is 0 Å². The molecule has 2 heterocycles. The average molecular weight is 285 g/mol. The number of pyridine rings is 1. The summed E-state index contributed by atoms with van der Waals surface area (Å²) in [6, 6.07) is 3.48. The monoisotopic (exact) mass is 284 g/mol. The molecule has 0 atom stereocenters. The Kier molecular flexibility index (Phi) is 3.78. The number of nitrogens with zero attached hydrogens (tertiary/aromatic N) is 2. The molecule has 7 heteroatoms. The summed E-state index contributed by atoms with van der Waals surface area (Å²) >= 11 is 7.06. The van der Waals surface area contributed by atoms with Crippen molar-refractivity contribution in [2.24, 2.45) is 0 Å². The van der Waals surface area contributed by atoms with Gasteiger partial charge in [0.1, 0.15) is 5.01 Å². The Morgan fingerprint density at radius 3 is 2.89 bits per heavy atom. The van der Waals surface area contributed by atoms with Crippen molar-refractivity contribution in [1.29, 1.82) is 0 Å². The Morgan fingerprint density at radius 1 is 1.44 bits per heavy atom. The van der Waals surface area contributed by atoms with Gasteiger partial charge in [-0.05, 0) is 6.07 Å². The number of hydrogen-bond acceptors (Lipinski definition) is 6. The maximum absolute atomic E-state index is 11.4. The number of methoxy groups -OCH3 is 2. The molecular formula is C11H9ClN2O3S. The normalized spacial score (nSPS) is 10.2. The Morgan fingerprint density at radius 2 is 2.22 bits per heavy atom. The van der Waals surface area contributed by atoms with Gasteiger partial charge in [-0.2, -0.15) is 0 Å². The van der Waals surface area contributed by atoms with Crippen LogP contribution in [0.3, 0.4) is 0 Å². The smallest absolute Gasteiger partial charge is 0.351 e. The van der Waals surface area contributed by atoms with E-state index < -0.39 is 5.97 Å². The molecule has 2 rings (SSSR count). The van der Waals surface area contributed by atoms with Crippen LogP contribution in [0.1, 0.15) is 9.67 Å². The Bertz CT molecular complexity index is 585. The van der Waals surface area contributed by atoms with Crippen molar-refractivity contribution < 1.29 is 14.3 Å². The fourth-order valence-corrected chi connectivity index (χ4v) is 2.50. The highest BCUT2D eigenvalue weighted by Crippen LogP contribution is 2.32. The van der Waals surface area contributed by atoms with Gasteiger partial charge in [-0.3, -0.25) is 0 Å². The second-order valence-corrected chi connectivity index (χ2v) is 4.57. The van der Waals surface area contributed by atoms with Crippen molar-refractivity contribution in [2.75, 3.05) is 14.2 Å². The van der Waals surface area contributed by atoms with E-state index in [0.29, 0.717) is 10.9 Å². The van der Waals surface area contributed by atoms with Crippen LogP contribution in [0.15, 0.2) is 18.3 Å². The van der Waals surface area contributed by atoms with E-state index in [0.717, 1.165) is 16.9 Å². The number of esters is 1. The summed E-state index contributed by atoms with van der Waals surface area (Å²) in [5, 5.41) is 0.749. The maximum atomic E-state index is 11.4. The molecule has 0 unspecified atom stereocenters. The van der Waals surface area contributed by atoms with E-state index in [1.165, 1.54) is 14.2 Å². The number of rotatable bonds is 3. The predicted molar refractivity (Wildman–Crippen MR) is 68.2 cm³/mol. The maximum Gasteiger partial charge on any atom is 0.351 e. The number of thiazole rings is 1. The minimum Gasteiger partial charge on any atom is -0.481 e. The molecule has 0 aliphatic heterocycles. The van der Waals surface area contributed by atoms with Crippen molar-refractivity contribution in [1.82, 2.24) is 9.97 Å². The summed E-state index contributed by atoms with van der Waals surface area (Å²) in [6.07, 6.45) is 1.60. The van der Waals surface area contributed by atoms with Crippen molar-refractivity contribution in [3.63, 3.8) is 0 Å². The fourth-order valence-electron chi connectivity index (χ4n) is 1.30. The molecule has 2 aromatic heterocycles. The lowest BCUT2D eigenvalue weighted by atomic mass is 10.3. The van der Waals surface area contributed by atoms with Crippen LogP contribution in [-0.4, -0.2) is 30.2 Å². The first-order chi connectivity index (χ1) is 8.65. The van der Waals surface area contributed by atoms with Gasteiger partial charge in [0.05, 0.1) is 14.2 Å². The molecule has 0 bridgehead atoms. The Hall–Kier alpha value is -1.66. The van der Waals surface area contributed by atoms with Crippen molar-refractivity contribution in [3.8, 4) is 16.5 Å². The summed E-state index contributed by atoms with van der Waals surface area (Å²) in [7, 11) is 2.83. The van der Waals surface area contributed by atoms with Gasteiger partial charge >= 0.3 is 5.97 Å². The van der Waals surface area contributed by atoms with Crippen LogP contribution in [0.2, 0.25) is 5.15 Å². The van der Waals surface area contributed by atoms with Gasteiger partial charge in [0.15, 0.2) is 10.0 Å². The minimum absolute atomic E-state index is 0.137. The number of aromatic nitrogens is 2. The molecule has 0 amide bonds. The molecule has 0 aliphatic carbocycles. The third-order valence-corrected chi connectivity index (χ3v) is 3.62. The molecule has 2 aromatic rings. The molecular weight excluding hydrogens is 276 g/mol. The molecule has 18 heavy (non-hydrogen) atoms. The molecule has 0 saturated heterocycles. The predicted octanol–water partition coefficient (Wildman–Crippen LogP) is 2.65. The Labute approximate surface area is 112 Å². The Balaban J connectivity index is 2.42. The largest absolute Gasteiger partial charge is 0.481 e. The lowest BCUT2D eigenvalue weighted by molar-refractivity contribution is 0.0606. The highest BCUT2D eigenvalue weighted by molar-refractivity contribution is 7.17. The van der Waals surface area contributed by atoms with Crippen LogP contribution in [0.5, 0.6) is 5.88 Å². The van der Waals surface area contributed by atoms with Gasteiger partial charge in [0, 0.05) is 17.8 Å². The van der Waals surface area contributed by atoms with Crippen molar-refractivity contribution in [2.45, 2.75) is 0 Å². The number of carbonyl (C=O) groups is 1. The van der Waals surface area contributed by atoms with E-state index in [1.807, 2.05) is 0 Å². The number of ether oxygens (including phenoxy) is 2. The molecule has 5 nitrogen and oxygen atoms in total. The lowest BCUT2D eigenvalue weighted by Crippen LogP contribution is -1.98. The zero-order chi connectivity index (χ0) is 13.1.